The summed E-state index contributed by atoms with van der Waals surface area (Å²) in [4.78, 5) is 48.9. The van der Waals surface area contributed by atoms with Crippen molar-refractivity contribution in [2.24, 2.45) is 5.92 Å². The number of aromatic nitrogens is 2. The van der Waals surface area contributed by atoms with Gasteiger partial charge in [0, 0.05) is 16.2 Å². The van der Waals surface area contributed by atoms with Crippen LogP contribution in [0.15, 0.2) is 34.9 Å². The van der Waals surface area contributed by atoms with E-state index >= 15 is 0 Å². The molecule has 2 N–H and O–H groups in total. The van der Waals surface area contributed by atoms with Crippen LogP contribution in [0.1, 0.15) is 39.6 Å². The van der Waals surface area contributed by atoms with Gasteiger partial charge in [0.2, 0.25) is 5.91 Å². The molecule has 0 aliphatic carbocycles. The number of benzene rings is 1. The fraction of sp³-hybridized carbons (Fsp3) is 0.478. The summed E-state index contributed by atoms with van der Waals surface area (Å²) in [5.41, 5.74) is 1.62. The van der Waals surface area contributed by atoms with Gasteiger partial charge in [-0.3, -0.25) is 9.69 Å². The topological polar surface area (TPSA) is 117 Å². The molecule has 3 rings (SSSR count). The van der Waals surface area contributed by atoms with E-state index < -0.39 is 24.3 Å². The van der Waals surface area contributed by atoms with Crippen molar-refractivity contribution >= 4 is 34.0 Å². The smallest absolute Gasteiger partial charge is 0.411 e. The number of alkyl carbamates (subject to hydrolysis) is 1. The summed E-state index contributed by atoms with van der Waals surface area (Å²) in [5, 5.41) is 2.61. The average Bonchev–Trinajstić information content (AvgIpc) is 3.44. The first-order valence-electron chi connectivity index (χ1n) is 11.0. The summed E-state index contributed by atoms with van der Waals surface area (Å²) in [6.45, 7) is 7.39. The maximum Gasteiger partial charge on any atom is 0.411 e. The Kier molecular flexibility index (Phi) is 8.19. The van der Waals surface area contributed by atoms with Crippen molar-refractivity contribution in [2.45, 2.75) is 45.9 Å². The zero-order valence-corrected chi connectivity index (χ0v) is 21.5. The zero-order chi connectivity index (χ0) is 25.0. The van der Waals surface area contributed by atoms with Crippen molar-refractivity contribution in [3.05, 3.63) is 40.8 Å². The van der Waals surface area contributed by atoms with Crippen LogP contribution in [0.5, 0.6) is 0 Å². The van der Waals surface area contributed by atoms with Crippen LogP contribution in [-0.4, -0.2) is 70.3 Å². The number of amides is 3. The van der Waals surface area contributed by atoms with E-state index in [2.05, 4.69) is 26.2 Å². The first-order chi connectivity index (χ1) is 16.1. The Hall–Kier alpha value is -3.08. The standard InChI is InChI=1S/C23H30BrN5O5/c1-13(2)19(27-22(31)33-5)21(30)29-12-28(23(32)34-14(3)4)11-18(29)20-25-10-17(26-20)15-6-8-16(24)9-7-15/h6-10,13-14,18-19H,11-12H2,1-5H3,(H,25,26)(H,27,31)/t18-,19-/m0/s1. The SMILES string of the molecule is COC(=O)N[C@H](C(=O)N1CN(C(=O)OC(C)C)C[C@H]1c1nc(-c2ccc(Br)cc2)c[nH]1)C(C)C. The van der Waals surface area contributed by atoms with Crippen LogP contribution in [0.3, 0.4) is 0 Å². The van der Waals surface area contributed by atoms with E-state index in [0.29, 0.717) is 11.5 Å². The van der Waals surface area contributed by atoms with Crippen LogP contribution in [0.4, 0.5) is 9.59 Å². The number of halogens is 1. The lowest BCUT2D eigenvalue weighted by Crippen LogP contribution is -2.51. The quantitative estimate of drug-likeness (QED) is 0.579. The molecule has 2 aromatic rings. The molecule has 1 aromatic heterocycles. The van der Waals surface area contributed by atoms with Crippen LogP contribution in [0, 0.1) is 5.92 Å². The Balaban J connectivity index is 1.91. The summed E-state index contributed by atoms with van der Waals surface area (Å²) in [5.74, 6) is -0.0163. The highest BCUT2D eigenvalue weighted by Gasteiger charge is 2.42. The number of methoxy groups -OCH3 is 1. The van der Waals surface area contributed by atoms with Gasteiger partial charge < -0.3 is 24.7 Å². The van der Waals surface area contributed by atoms with E-state index in [-0.39, 0.29) is 31.1 Å². The predicted molar refractivity (Wildman–Crippen MR) is 129 cm³/mol. The molecule has 0 unspecified atom stereocenters. The number of H-pyrrole nitrogens is 1. The molecule has 2 atom stereocenters. The maximum absolute atomic E-state index is 13.6. The second-order valence-electron chi connectivity index (χ2n) is 8.66. The summed E-state index contributed by atoms with van der Waals surface area (Å²) in [7, 11) is 1.24. The number of imidazole rings is 1. The minimum Gasteiger partial charge on any atom is -0.453 e. The fourth-order valence-corrected chi connectivity index (χ4v) is 3.93. The van der Waals surface area contributed by atoms with Crippen LogP contribution in [0.25, 0.3) is 11.3 Å². The Labute approximate surface area is 207 Å². The van der Waals surface area contributed by atoms with E-state index in [4.69, 9.17) is 14.5 Å². The number of nitrogens with one attached hydrogen (secondary N) is 2. The van der Waals surface area contributed by atoms with Gasteiger partial charge in [-0.25, -0.2) is 14.6 Å². The molecule has 10 nitrogen and oxygen atoms in total. The number of carbonyl (C=O) groups is 3. The summed E-state index contributed by atoms with van der Waals surface area (Å²) in [6, 6.07) is 6.33. The normalized spacial score (nSPS) is 16.6. The van der Waals surface area contributed by atoms with Crippen molar-refractivity contribution < 1.29 is 23.9 Å². The summed E-state index contributed by atoms with van der Waals surface area (Å²) in [6.07, 6.45) is 0.252. The van der Waals surface area contributed by atoms with E-state index in [9.17, 15) is 14.4 Å². The number of hydrogen-bond donors (Lipinski definition) is 2. The van der Waals surface area contributed by atoms with E-state index in [1.165, 1.54) is 16.9 Å². The Morgan fingerprint density at radius 1 is 1.18 bits per heavy atom. The second-order valence-corrected chi connectivity index (χ2v) is 9.57. The number of nitrogens with zero attached hydrogens (tertiary/aromatic N) is 3. The highest BCUT2D eigenvalue weighted by Crippen LogP contribution is 2.30. The van der Waals surface area contributed by atoms with Crippen molar-refractivity contribution in [3.8, 4) is 11.3 Å². The number of rotatable bonds is 6. The van der Waals surface area contributed by atoms with Gasteiger partial charge >= 0.3 is 12.2 Å². The molecule has 0 spiro atoms. The van der Waals surface area contributed by atoms with Crippen LogP contribution in [0.2, 0.25) is 0 Å². The van der Waals surface area contributed by atoms with Gasteiger partial charge in [-0.15, -0.1) is 0 Å². The lowest BCUT2D eigenvalue weighted by Gasteiger charge is -2.29. The first kappa shape index (κ1) is 25.5. The maximum atomic E-state index is 13.6. The molecule has 2 heterocycles. The molecular formula is C23H30BrN5O5. The Morgan fingerprint density at radius 2 is 1.85 bits per heavy atom. The molecule has 3 amide bonds. The van der Waals surface area contributed by atoms with Gasteiger partial charge in [0.05, 0.1) is 32.1 Å². The molecule has 1 aliphatic rings. The highest BCUT2D eigenvalue weighted by molar-refractivity contribution is 9.10. The highest BCUT2D eigenvalue weighted by atomic mass is 79.9. The largest absolute Gasteiger partial charge is 0.453 e. The molecule has 11 heteroatoms. The molecule has 184 valence electrons. The minimum absolute atomic E-state index is 0.00937. The third-order valence-electron chi connectivity index (χ3n) is 5.42. The van der Waals surface area contributed by atoms with Gasteiger partial charge in [-0.05, 0) is 31.9 Å². The summed E-state index contributed by atoms with van der Waals surface area (Å²) >= 11 is 3.42. The van der Waals surface area contributed by atoms with E-state index in [1.54, 1.807) is 20.0 Å². The Morgan fingerprint density at radius 3 is 2.44 bits per heavy atom. The number of carbonyl (C=O) groups excluding carboxylic acids is 3. The molecule has 0 radical (unpaired) electrons. The Bertz CT molecular complexity index is 1020. The minimum atomic E-state index is -0.836. The number of aromatic amines is 1. The number of hydrogen-bond acceptors (Lipinski definition) is 6. The van der Waals surface area contributed by atoms with Crippen molar-refractivity contribution in [3.63, 3.8) is 0 Å². The molecule has 1 fully saturated rings. The van der Waals surface area contributed by atoms with Gasteiger partial charge in [-0.2, -0.15) is 0 Å². The van der Waals surface area contributed by atoms with E-state index in [0.717, 1.165) is 10.0 Å². The monoisotopic (exact) mass is 535 g/mol. The van der Waals surface area contributed by atoms with Crippen LogP contribution < -0.4 is 5.32 Å². The molecule has 1 aliphatic heterocycles. The molecule has 1 saturated heterocycles. The molecular weight excluding hydrogens is 506 g/mol. The van der Waals surface area contributed by atoms with Gasteiger partial charge in [0.25, 0.3) is 0 Å². The molecule has 34 heavy (non-hydrogen) atoms. The lowest BCUT2D eigenvalue weighted by molar-refractivity contribution is -0.135. The first-order valence-corrected chi connectivity index (χ1v) is 11.8. The fourth-order valence-electron chi connectivity index (χ4n) is 3.67. The van der Waals surface area contributed by atoms with Crippen molar-refractivity contribution in [1.82, 2.24) is 25.1 Å². The van der Waals surface area contributed by atoms with E-state index in [1.807, 2.05) is 38.1 Å². The molecule has 1 aromatic carbocycles. The number of ether oxygens (including phenoxy) is 2. The van der Waals surface area contributed by atoms with Crippen LogP contribution in [-0.2, 0) is 14.3 Å². The van der Waals surface area contributed by atoms with Crippen LogP contribution >= 0.6 is 15.9 Å². The lowest BCUT2D eigenvalue weighted by atomic mass is 10.0. The zero-order valence-electron chi connectivity index (χ0n) is 19.9. The van der Waals surface area contributed by atoms with Crippen molar-refractivity contribution in [1.29, 1.82) is 0 Å². The van der Waals surface area contributed by atoms with Gasteiger partial charge in [-0.1, -0.05) is 41.9 Å². The van der Waals surface area contributed by atoms with Gasteiger partial charge in [0.15, 0.2) is 0 Å². The molecule has 0 saturated carbocycles. The second kappa shape index (κ2) is 10.9. The average molecular weight is 536 g/mol. The summed E-state index contributed by atoms with van der Waals surface area (Å²) < 4.78 is 11.0. The van der Waals surface area contributed by atoms with Gasteiger partial charge in [0.1, 0.15) is 17.9 Å². The predicted octanol–water partition coefficient (Wildman–Crippen LogP) is 3.91. The third kappa shape index (κ3) is 5.88. The molecule has 0 bridgehead atoms. The van der Waals surface area contributed by atoms with Crippen molar-refractivity contribution in [2.75, 3.05) is 20.3 Å². The third-order valence-corrected chi connectivity index (χ3v) is 5.94.